The third kappa shape index (κ3) is 4.50. The summed E-state index contributed by atoms with van der Waals surface area (Å²) >= 11 is 5.78. The van der Waals surface area contributed by atoms with Gasteiger partial charge in [-0.15, -0.1) is 0 Å². The molecule has 1 fully saturated rings. The van der Waals surface area contributed by atoms with E-state index in [1.165, 1.54) is 6.20 Å². The van der Waals surface area contributed by atoms with Crippen LogP contribution in [0.4, 0.5) is 4.39 Å². The van der Waals surface area contributed by atoms with Crippen molar-refractivity contribution in [2.45, 2.75) is 19.3 Å². The molecule has 0 bridgehead atoms. The van der Waals surface area contributed by atoms with E-state index in [4.69, 9.17) is 11.6 Å². The number of pyridine rings is 2. The number of carbonyl (C=O) groups is 1. The van der Waals surface area contributed by atoms with Gasteiger partial charge in [0.1, 0.15) is 11.5 Å². The monoisotopic (exact) mass is 359 g/mol. The standard InChI is InChI=1S/C19H19ClFN3O/c1-24-9-7-13(8-10-24)19(21)17-4-2-3-15(23-17)11-18(25)16-6-5-14(20)12-22-16/h2-6,12H,7-11H2,1H3. The first-order chi connectivity index (χ1) is 12.0. The highest BCUT2D eigenvalue weighted by Crippen LogP contribution is 2.26. The Kier molecular flexibility index (Phi) is 5.56. The molecule has 2 aromatic heterocycles. The van der Waals surface area contributed by atoms with E-state index in [1.807, 2.05) is 7.05 Å². The lowest BCUT2D eigenvalue weighted by Crippen LogP contribution is -2.26. The van der Waals surface area contributed by atoms with Gasteiger partial charge in [-0.3, -0.25) is 9.78 Å². The first kappa shape index (κ1) is 17.7. The second-order valence-electron chi connectivity index (χ2n) is 6.20. The van der Waals surface area contributed by atoms with Crippen molar-refractivity contribution in [2.24, 2.45) is 0 Å². The molecule has 130 valence electrons. The van der Waals surface area contributed by atoms with Crippen LogP contribution < -0.4 is 0 Å². The van der Waals surface area contributed by atoms with Crippen LogP contribution in [0, 0.1) is 0 Å². The Morgan fingerprint density at radius 3 is 2.64 bits per heavy atom. The number of Topliss-reactive ketones (excluding diaryl/α,β-unsaturated/α-hetero) is 1. The molecule has 1 saturated heterocycles. The number of likely N-dealkylation sites (tertiary alicyclic amines) is 1. The molecule has 1 aliphatic heterocycles. The van der Waals surface area contributed by atoms with Crippen molar-refractivity contribution >= 4 is 23.2 Å². The molecule has 0 amide bonds. The molecule has 0 aromatic carbocycles. The van der Waals surface area contributed by atoms with Gasteiger partial charge in [0.25, 0.3) is 0 Å². The summed E-state index contributed by atoms with van der Waals surface area (Å²) < 4.78 is 14.7. The molecule has 3 heterocycles. The minimum absolute atomic E-state index is 0.0772. The Hall–Kier alpha value is -2.11. The molecule has 0 radical (unpaired) electrons. The van der Waals surface area contributed by atoms with Crippen LogP contribution in [-0.2, 0) is 6.42 Å². The van der Waals surface area contributed by atoms with Gasteiger partial charge in [0.05, 0.1) is 17.1 Å². The summed E-state index contributed by atoms with van der Waals surface area (Å²) in [6, 6.07) is 8.31. The maximum Gasteiger partial charge on any atom is 0.187 e. The van der Waals surface area contributed by atoms with Crippen LogP contribution in [0.25, 0.3) is 5.83 Å². The van der Waals surface area contributed by atoms with Crippen LogP contribution in [0.2, 0.25) is 5.02 Å². The van der Waals surface area contributed by atoms with Gasteiger partial charge in [-0.2, -0.15) is 0 Å². The smallest absolute Gasteiger partial charge is 0.187 e. The number of carbonyl (C=O) groups excluding carboxylic acids is 1. The lowest BCUT2D eigenvalue weighted by Gasteiger charge is -2.24. The SMILES string of the molecule is CN1CCC(=C(F)c2cccc(CC(=O)c3ccc(Cl)cn3)n2)CC1. The maximum absolute atomic E-state index is 14.7. The quantitative estimate of drug-likeness (QED) is 0.775. The Bertz CT molecular complexity index is 795. The zero-order valence-electron chi connectivity index (χ0n) is 14.0. The van der Waals surface area contributed by atoms with E-state index >= 15 is 0 Å². The number of hydrogen-bond acceptors (Lipinski definition) is 4. The van der Waals surface area contributed by atoms with Crippen molar-refractivity contribution in [1.29, 1.82) is 0 Å². The summed E-state index contributed by atoms with van der Waals surface area (Å²) in [6.07, 6.45) is 2.93. The fourth-order valence-corrected chi connectivity index (χ4v) is 2.90. The number of aromatic nitrogens is 2. The van der Waals surface area contributed by atoms with Crippen molar-refractivity contribution in [3.8, 4) is 0 Å². The fraction of sp³-hybridized carbons (Fsp3) is 0.316. The molecule has 1 aliphatic rings. The third-order valence-corrected chi connectivity index (χ3v) is 4.51. The van der Waals surface area contributed by atoms with E-state index in [2.05, 4.69) is 14.9 Å². The number of hydrogen-bond donors (Lipinski definition) is 0. The van der Waals surface area contributed by atoms with Crippen LogP contribution in [0.5, 0.6) is 0 Å². The Morgan fingerprint density at radius 2 is 1.96 bits per heavy atom. The summed E-state index contributed by atoms with van der Waals surface area (Å²) in [5.41, 5.74) is 1.95. The molecular formula is C19H19ClFN3O. The van der Waals surface area contributed by atoms with Crippen LogP contribution in [-0.4, -0.2) is 40.8 Å². The molecule has 0 aliphatic carbocycles. The molecule has 25 heavy (non-hydrogen) atoms. The van der Waals surface area contributed by atoms with Crippen molar-refractivity contribution in [2.75, 3.05) is 20.1 Å². The first-order valence-corrected chi connectivity index (χ1v) is 8.58. The highest BCUT2D eigenvalue weighted by molar-refractivity contribution is 6.30. The van der Waals surface area contributed by atoms with Gasteiger partial charge in [0, 0.05) is 25.0 Å². The summed E-state index contributed by atoms with van der Waals surface area (Å²) in [5, 5.41) is 0.475. The van der Waals surface area contributed by atoms with Gasteiger partial charge in [0.15, 0.2) is 5.78 Å². The fourth-order valence-electron chi connectivity index (χ4n) is 2.79. The average molecular weight is 360 g/mol. The molecule has 0 spiro atoms. The molecule has 0 unspecified atom stereocenters. The predicted molar refractivity (Wildman–Crippen MR) is 96.3 cm³/mol. The lowest BCUT2D eigenvalue weighted by molar-refractivity contribution is 0.0987. The van der Waals surface area contributed by atoms with Gasteiger partial charge in [-0.1, -0.05) is 17.7 Å². The van der Waals surface area contributed by atoms with Crippen molar-refractivity contribution in [3.05, 3.63) is 64.2 Å². The van der Waals surface area contributed by atoms with Gasteiger partial charge >= 0.3 is 0 Å². The van der Waals surface area contributed by atoms with Crippen LogP contribution in [0.15, 0.2) is 42.1 Å². The summed E-state index contributed by atoms with van der Waals surface area (Å²) in [4.78, 5) is 22.8. The number of halogens is 2. The third-order valence-electron chi connectivity index (χ3n) is 4.29. The molecule has 2 aromatic rings. The first-order valence-electron chi connectivity index (χ1n) is 8.20. The van der Waals surface area contributed by atoms with Gasteiger partial charge in [-0.05, 0) is 49.7 Å². The highest BCUT2D eigenvalue weighted by Gasteiger charge is 2.17. The molecule has 4 nitrogen and oxygen atoms in total. The van der Waals surface area contributed by atoms with Crippen molar-refractivity contribution in [3.63, 3.8) is 0 Å². The van der Waals surface area contributed by atoms with E-state index < -0.39 is 0 Å². The Labute approximate surface area is 151 Å². The topological polar surface area (TPSA) is 46.1 Å². The molecule has 0 N–H and O–H groups in total. The molecular weight excluding hydrogens is 341 g/mol. The van der Waals surface area contributed by atoms with Crippen molar-refractivity contribution in [1.82, 2.24) is 14.9 Å². The van der Waals surface area contributed by atoms with E-state index in [9.17, 15) is 9.18 Å². The second kappa shape index (κ2) is 7.85. The number of ketones is 1. The van der Waals surface area contributed by atoms with Crippen LogP contribution >= 0.6 is 11.6 Å². The molecule has 6 heteroatoms. The zero-order chi connectivity index (χ0) is 17.8. The minimum Gasteiger partial charge on any atom is -0.306 e. The number of rotatable bonds is 4. The van der Waals surface area contributed by atoms with Crippen LogP contribution in [0.1, 0.15) is 34.7 Å². The van der Waals surface area contributed by atoms with Crippen LogP contribution in [0.3, 0.4) is 0 Å². The Morgan fingerprint density at radius 1 is 1.20 bits per heavy atom. The average Bonchev–Trinajstić information content (AvgIpc) is 2.62. The largest absolute Gasteiger partial charge is 0.306 e. The summed E-state index contributed by atoms with van der Waals surface area (Å²) in [6.45, 7) is 1.70. The molecule has 3 rings (SSSR count). The van der Waals surface area contributed by atoms with Gasteiger partial charge in [0.2, 0.25) is 0 Å². The number of nitrogens with zero attached hydrogens (tertiary/aromatic N) is 3. The van der Waals surface area contributed by atoms with E-state index in [0.717, 1.165) is 18.7 Å². The summed E-state index contributed by atoms with van der Waals surface area (Å²) in [7, 11) is 2.03. The highest BCUT2D eigenvalue weighted by atomic mass is 35.5. The van der Waals surface area contributed by atoms with E-state index in [1.54, 1.807) is 30.3 Å². The normalized spacial score (nSPS) is 15.2. The maximum atomic E-state index is 14.7. The predicted octanol–water partition coefficient (Wildman–Crippen LogP) is 3.96. The van der Waals surface area contributed by atoms with Gasteiger partial charge in [-0.25, -0.2) is 9.37 Å². The lowest BCUT2D eigenvalue weighted by atomic mass is 10.0. The van der Waals surface area contributed by atoms with E-state index in [-0.39, 0.29) is 18.0 Å². The minimum atomic E-state index is -0.257. The Balaban J connectivity index is 1.76. The molecule has 0 atom stereocenters. The number of piperidine rings is 1. The molecule has 0 saturated carbocycles. The van der Waals surface area contributed by atoms with E-state index in [0.29, 0.717) is 34.9 Å². The summed E-state index contributed by atoms with van der Waals surface area (Å²) in [5.74, 6) is -0.430. The second-order valence-corrected chi connectivity index (χ2v) is 6.63. The zero-order valence-corrected chi connectivity index (χ0v) is 14.8. The van der Waals surface area contributed by atoms with Crippen molar-refractivity contribution < 1.29 is 9.18 Å². The van der Waals surface area contributed by atoms with Gasteiger partial charge < -0.3 is 4.90 Å².